The number of hydrogen-bond donors (Lipinski definition) is 1. The summed E-state index contributed by atoms with van der Waals surface area (Å²) in [5.74, 6) is 2.53. The summed E-state index contributed by atoms with van der Waals surface area (Å²) in [5.41, 5.74) is 2.19. The van der Waals surface area contributed by atoms with Crippen LogP contribution in [0, 0.1) is 0 Å². The van der Waals surface area contributed by atoms with Crippen LogP contribution >= 0.6 is 0 Å². The van der Waals surface area contributed by atoms with E-state index >= 15 is 0 Å². The second-order valence-electron chi connectivity index (χ2n) is 7.49. The van der Waals surface area contributed by atoms with Crippen molar-refractivity contribution in [1.29, 1.82) is 0 Å². The highest BCUT2D eigenvalue weighted by molar-refractivity contribution is 5.80. The molecule has 0 bridgehead atoms. The summed E-state index contributed by atoms with van der Waals surface area (Å²) in [6, 6.07) is 17.9. The lowest BCUT2D eigenvalue weighted by atomic mass is 10.1. The summed E-state index contributed by atoms with van der Waals surface area (Å²) >= 11 is 0. The van der Waals surface area contributed by atoms with Gasteiger partial charge in [-0.05, 0) is 36.8 Å². The summed E-state index contributed by atoms with van der Waals surface area (Å²) in [6.07, 6.45) is 3.88. The third-order valence-electron chi connectivity index (χ3n) is 5.09. The maximum atomic E-state index is 5.98. The van der Waals surface area contributed by atoms with Crippen molar-refractivity contribution in [3.63, 3.8) is 0 Å². The molecule has 1 aliphatic heterocycles. The van der Waals surface area contributed by atoms with E-state index in [4.69, 9.17) is 14.5 Å². The van der Waals surface area contributed by atoms with Gasteiger partial charge in [0.25, 0.3) is 0 Å². The number of morpholine rings is 1. The fourth-order valence-corrected chi connectivity index (χ4v) is 3.57. The number of para-hydroxylation sites is 1. The minimum atomic E-state index is -0.00564. The maximum absolute atomic E-state index is 5.98. The van der Waals surface area contributed by atoms with Crippen LogP contribution in [0.1, 0.15) is 24.2 Å². The number of aryl methyl sites for hydroxylation is 1. The average molecular weight is 420 g/mol. The van der Waals surface area contributed by atoms with Crippen LogP contribution in [0.25, 0.3) is 0 Å². The van der Waals surface area contributed by atoms with E-state index in [1.165, 1.54) is 0 Å². The van der Waals surface area contributed by atoms with Gasteiger partial charge < -0.3 is 19.7 Å². The standard InChI is InChI=1S/C24H29N5O2/c1-3-25-24(29-12-13-30-23(18-29)20-16-27-28(2)17-20)26-15-19-8-7-11-22(14-19)31-21-9-5-4-6-10-21/h4-11,14,16-17,23H,3,12-13,15,18H2,1-2H3,(H,25,26). The topological polar surface area (TPSA) is 63.9 Å². The molecule has 7 heteroatoms. The zero-order chi connectivity index (χ0) is 21.5. The highest BCUT2D eigenvalue weighted by Gasteiger charge is 2.25. The maximum Gasteiger partial charge on any atom is 0.194 e. The van der Waals surface area contributed by atoms with Crippen LogP contribution < -0.4 is 10.1 Å². The molecule has 1 aliphatic rings. The van der Waals surface area contributed by atoms with Crippen LogP contribution in [0.4, 0.5) is 0 Å². The van der Waals surface area contributed by atoms with Crippen molar-refractivity contribution in [3.05, 3.63) is 78.1 Å². The molecule has 2 aromatic carbocycles. The molecule has 0 saturated carbocycles. The molecule has 0 amide bonds. The highest BCUT2D eigenvalue weighted by atomic mass is 16.5. The van der Waals surface area contributed by atoms with Crippen molar-refractivity contribution in [3.8, 4) is 11.5 Å². The Labute approximate surface area is 183 Å². The molecular weight excluding hydrogens is 390 g/mol. The smallest absolute Gasteiger partial charge is 0.194 e. The fraction of sp³-hybridized carbons (Fsp3) is 0.333. The van der Waals surface area contributed by atoms with Crippen LogP contribution in [0.3, 0.4) is 0 Å². The van der Waals surface area contributed by atoms with E-state index in [9.17, 15) is 0 Å². The van der Waals surface area contributed by atoms with Crippen LogP contribution in [0.5, 0.6) is 11.5 Å². The molecule has 1 N–H and O–H groups in total. The molecule has 0 radical (unpaired) electrons. The number of hydrogen-bond acceptors (Lipinski definition) is 4. The van der Waals surface area contributed by atoms with Crippen molar-refractivity contribution in [2.75, 3.05) is 26.2 Å². The Bertz CT molecular complexity index is 1000. The van der Waals surface area contributed by atoms with Gasteiger partial charge in [0, 0.05) is 31.9 Å². The first-order valence-corrected chi connectivity index (χ1v) is 10.7. The molecule has 1 atom stereocenters. The lowest BCUT2D eigenvalue weighted by Gasteiger charge is -2.34. The van der Waals surface area contributed by atoms with E-state index in [-0.39, 0.29) is 6.10 Å². The number of rotatable bonds is 6. The number of nitrogens with one attached hydrogen (secondary N) is 1. The molecule has 4 rings (SSSR count). The van der Waals surface area contributed by atoms with Gasteiger partial charge in [0.1, 0.15) is 17.6 Å². The Morgan fingerprint density at radius 3 is 2.81 bits per heavy atom. The molecule has 1 unspecified atom stereocenters. The Kier molecular flexibility index (Phi) is 6.84. The van der Waals surface area contributed by atoms with Crippen molar-refractivity contribution in [2.45, 2.75) is 19.6 Å². The summed E-state index contributed by atoms with van der Waals surface area (Å²) in [4.78, 5) is 7.15. The van der Waals surface area contributed by atoms with Gasteiger partial charge in [-0.1, -0.05) is 30.3 Å². The average Bonchev–Trinajstić information content (AvgIpc) is 3.24. The van der Waals surface area contributed by atoms with E-state index in [1.54, 1.807) is 4.68 Å². The number of guanidine groups is 1. The summed E-state index contributed by atoms with van der Waals surface area (Å²) in [6.45, 7) is 5.68. The fourth-order valence-electron chi connectivity index (χ4n) is 3.57. The molecule has 2 heterocycles. The van der Waals surface area contributed by atoms with Gasteiger partial charge in [-0.2, -0.15) is 5.10 Å². The quantitative estimate of drug-likeness (QED) is 0.487. The molecule has 31 heavy (non-hydrogen) atoms. The first-order chi connectivity index (χ1) is 15.2. The Morgan fingerprint density at radius 1 is 1.19 bits per heavy atom. The Morgan fingerprint density at radius 2 is 2.03 bits per heavy atom. The van der Waals surface area contributed by atoms with E-state index in [1.807, 2.05) is 68.0 Å². The minimum Gasteiger partial charge on any atom is -0.457 e. The Balaban J connectivity index is 1.44. The summed E-state index contributed by atoms with van der Waals surface area (Å²) < 4.78 is 13.7. The number of nitrogens with zero attached hydrogens (tertiary/aromatic N) is 4. The van der Waals surface area contributed by atoms with Gasteiger partial charge in [-0.3, -0.25) is 4.68 Å². The first kappa shape index (κ1) is 20.9. The first-order valence-electron chi connectivity index (χ1n) is 10.7. The van der Waals surface area contributed by atoms with Gasteiger partial charge in [0.2, 0.25) is 0 Å². The largest absolute Gasteiger partial charge is 0.457 e. The lowest BCUT2D eigenvalue weighted by Crippen LogP contribution is -2.48. The number of benzene rings is 2. The van der Waals surface area contributed by atoms with Gasteiger partial charge >= 0.3 is 0 Å². The normalized spacial score (nSPS) is 16.9. The zero-order valence-corrected chi connectivity index (χ0v) is 18.1. The SMILES string of the molecule is CCNC(=NCc1cccc(Oc2ccccc2)c1)N1CCOC(c2cnn(C)c2)C1. The van der Waals surface area contributed by atoms with E-state index in [0.29, 0.717) is 13.2 Å². The van der Waals surface area contributed by atoms with Gasteiger partial charge in [0.15, 0.2) is 5.96 Å². The lowest BCUT2D eigenvalue weighted by molar-refractivity contribution is -0.00805. The summed E-state index contributed by atoms with van der Waals surface area (Å²) in [5, 5.41) is 7.70. The molecule has 7 nitrogen and oxygen atoms in total. The van der Waals surface area contributed by atoms with Crippen molar-refractivity contribution >= 4 is 5.96 Å². The van der Waals surface area contributed by atoms with Crippen molar-refractivity contribution < 1.29 is 9.47 Å². The van der Waals surface area contributed by atoms with Crippen LogP contribution in [0.2, 0.25) is 0 Å². The van der Waals surface area contributed by atoms with Crippen molar-refractivity contribution in [2.24, 2.45) is 12.0 Å². The minimum absolute atomic E-state index is 0.00564. The monoisotopic (exact) mass is 419 g/mol. The number of aliphatic imine (C=N–C) groups is 1. The Hall–Kier alpha value is -3.32. The van der Waals surface area contributed by atoms with Crippen LogP contribution in [0.15, 0.2) is 72.0 Å². The highest BCUT2D eigenvalue weighted by Crippen LogP contribution is 2.23. The van der Waals surface area contributed by atoms with Crippen LogP contribution in [-0.4, -0.2) is 46.9 Å². The summed E-state index contributed by atoms with van der Waals surface area (Å²) in [7, 11) is 1.92. The second-order valence-corrected chi connectivity index (χ2v) is 7.49. The molecular formula is C24H29N5O2. The predicted molar refractivity (Wildman–Crippen MR) is 121 cm³/mol. The van der Waals surface area contributed by atoms with Crippen molar-refractivity contribution in [1.82, 2.24) is 20.0 Å². The van der Waals surface area contributed by atoms with Gasteiger partial charge in [-0.25, -0.2) is 4.99 Å². The van der Waals surface area contributed by atoms with E-state index in [2.05, 4.69) is 28.3 Å². The molecule has 3 aromatic rings. The third kappa shape index (κ3) is 5.64. The molecule has 0 aliphatic carbocycles. The zero-order valence-electron chi connectivity index (χ0n) is 18.1. The van der Waals surface area contributed by atoms with Crippen LogP contribution in [-0.2, 0) is 18.3 Å². The molecule has 1 saturated heterocycles. The number of aromatic nitrogens is 2. The van der Waals surface area contributed by atoms with E-state index in [0.717, 1.165) is 48.2 Å². The molecule has 1 fully saturated rings. The molecule has 162 valence electrons. The van der Waals surface area contributed by atoms with Gasteiger partial charge in [0.05, 0.1) is 25.9 Å². The molecule has 0 spiro atoms. The van der Waals surface area contributed by atoms with E-state index < -0.39 is 0 Å². The second kappa shape index (κ2) is 10.1. The third-order valence-corrected chi connectivity index (χ3v) is 5.09. The molecule has 1 aromatic heterocycles. The number of ether oxygens (including phenoxy) is 2. The van der Waals surface area contributed by atoms with Gasteiger partial charge in [-0.15, -0.1) is 0 Å². The predicted octanol–water partition coefficient (Wildman–Crippen LogP) is 3.75.